The van der Waals surface area contributed by atoms with E-state index in [-0.39, 0.29) is 5.56 Å². The molecule has 168 valence electrons. The number of aromatic carboxylic acids is 1. The van der Waals surface area contributed by atoms with Crippen molar-refractivity contribution in [2.24, 2.45) is 0 Å². The average molecular weight is 443 g/mol. The first-order valence-corrected chi connectivity index (χ1v) is 11.1. The highest BCUT2D eigenvalue weighted by Gasteiger charge is 2.09. The number of nitrogens with zero attached hydrogens (tertiary/aromatic N) is 4. The second-order valence-corrected chi connectivity index (χ2v) is 7.75. The van der Waals surface area contributed by atoms with Crippen molar-refractivity contribution in [1.29, 1.82) is 0 Å². The summed E-state index contributed by atoms with van der Waals surface area (Å²) in [6, 6.07) is 18.5. The number of para-hydroxylation sites is 1. The Morgan fingerprint density at radius 2 is 1.79 bits per heavy atom. The lowest BCUT2D eigenvalue weighted by Crippen LogP contribution is -2.01. The van der Waals surface area contributed by atoms with Crippen molar-refractivity contribution in [2.75, 3.05) is 6.61 Å². The highest BCUT2D eigenvalue weighted by Crippen LogP contribution is 2.30. The number of carbonyl (C=O) groups is 1. The first kappa shape index (κ1) is 22.2. The minimum absolute atomic E-state index is 0.266. The molecule has 0 bridgehead atoms. The number of aryl methyl sites for hydroxylation is 1. The Labute approximate surface area is 192 Å². The summed E-state index contributed by atoms with van der Waals surface area (Å²) in [6.45, 7) is 1.45. The van der Waals surface area contributed by atoms with E-state index in [0.717, 1.165) is 60.4 Å². The van der Waals surface area contributed by atoms with Gasteiger partial charge in [-0.15, -0.1) is 5.10 Å². The molecule has 2 aromatic carbocycles. The van der Waals surface area contributed by atoms with Crippen LogP contribution in [0.1, 0.15) is 36.0 Å². The quantitative estimate of drug-likeness (QED) is 0.315. The molecule has 0 unspecified atom stereocenters. The molecule has 0 spiro atoms. The van der Waals surface area contributed by atoms with Gasteiger partial charge in [-0.05, 0) is 55.2 Å². The van der Waals surface area contributed by atoms with Crippen LogP contribution < -0.4 is 4.74 Å². The standard InChI is InChI=1S/C26H26N4O3/c31-26(32)21-10-7-9-20(17-21)23-12-3-4-13-25(23)33-16-6-2-1-5-15-30-19-24(28-29-30)22-11-8-14-27-18-22/h3-4,7-14,17-19H,1-2,5-6,15-16H2,(H,31,32). The van der Waals surface area contributed by atoms with Crippen LogP contribution in [0.4, 0.5) is 0 Å². The van der Waals surface area contributed by atoms with Gasteiger partial charge >= 0.3 is 5.97 Å². The number of carboxylic acid groups (broad SMARTS) is 1. The van der Waals surface area contributed by atoms with E-state index in [0.29, 0.717) is 6.61 Å². The highest BCUT2D eigenvalue weighted by molar-refractivity contribution is 5.89. The Kier molecular flexibility index (Phi) is 7.43. The minimum Gasteiger partial charge on any atom is -0.493 e. The summed E-state index contributed by atoms with van der Waals surface area (Å²) >= 11 is 0. The molecule has 0 aliphatic rings. The van der Waals surface area contributed by atoms with Crippen LogP contribution in [0.5, 0.6) is 5.75 Å². The number of ether oxygens (including phenoxy) is 1. The molecular weight excluding hydrogens is 416 g/mol. The summed E-state index contributed by atoms with van der Waals surface area (Å²) in [5.74, 6) is -0.167. The largest absolute Gasteiger partial charge is 0.493 e. The molecule has 4 aromatic rings. The zero-order chi connectivity index (χ0) is 22.9. The molecule has 2 heterocycles. The van der Waals surface area contributed by atoms with Gasteiger partial charge in [-0.1, -0.05) is 42.0 Å². The summed E-state index contributed by atoms with van der Waals surface area (Å²) in [7, 11) is 0. The Balaban J connectivity index is 1.21. The summed E-state index contributed by atoms with van der Waals surface area (Å²) in [5, 5.41) is 17.7. The molecule has 0 aliphatic carbocycles. The Bertz CT molecular complexity index is 1190. The number of aromatic nitrogens is 4. The predicted octanol–water partition coefficient (Wildman–Crippen LogP) is 5.34. The lowest BCUT2D eigenvalue weighted by Gasteiger charge is -2.12. The van der Waals surface area contributed by atoms with Crippen LogP contribution in [-0.2, 0) is 6.54 Å². The molecule has 2 aromatic heterocycles. The third kappa shape index (κ3) is 6.04. The van der Waals surface area contributed by atoms with Crippen LogP contribution in [0.2, 0.25) is 0 Å². The summed E-state index contributed by atoms with van der Waals surface area (Å²) in [4.78, 5) is 15.4. The maximum absolute atomic E-state index is 11.3. The van der Waals surface area contributed by atoms with Crippen LogP contribution in [0, 0.1) is 0 Å². The SMILES string of the molecule is O=C(O)c1cccc(-c2ccccc2OCCCCCCn2cc(-c3cccnc3)nn2)c1. The fourth-order valence-corrected chi connectivity index (χ4v) is 3.62. The molecule has 0 saturated carbocycles. The van der Waals surface area contributed by atoms with Gasteiger partial charge in [0.05, 0.1) is 18.4 Å². The van der Waals surface area contributed by atoms with Gasteiger partial charge in [-0.3, -0.25) is 9.67 Å². The normalized spacial score (nSPS) is 10.8. The number of hydrogen-bond donors (Lipinski definition) is 1. The summed E-state index contributed by atoms with van der Waals surface area (Å²) in [5.41, 5.74) is 3.81. The first-order valence-electron chi connectivity index (χ1n) is 11.1. The van der Waals surface area contributed by atoms with Crippen LogP contribution in [0.15, 0.2) is 79.3 Å². The van der Waals surface area contributed by atoms with Crippen LogP contribution >= 0.6 is 0 Å². The monoisotopic (exact) mass is 442 g/mol. The van der Waals surface area contributed by atoms with Crippen LogP contribution in [0.3, 0.4) is 0 Å². The number of pyridine rings is 1. The molecule has 33 heavy (non-hydrogen) atoms. The molecule has 0 atom stereocenters. The third-order valence-corrected chi connectivity index (χ3v) is 5.34. The maximum atomic E-state index is 11.3. The van der Waals surface area contributed by atoms with E-state index >= 15 is 0 Å². The second-order valence-electron chi connectivity index (χ2n) is 7.75. The Hall–Kier alpha value is -4.00. The predicted molar refractivity (Wildman–Crippen MR) is 126 cm³/mol. The van der Waals surface area contributed by atoms with Crippen molar-refractivity contribution in [1.82, 2.24) is 20.0 Å². The van der Waals surface area contributed by atoms with Gasteiger partial charge in [-0.25, -0.2) is 4.79 Å². The van der Waals surface area contributed by atoms with E-state index in [1.807, 2.05) is 53.3 Å². The van der Waals surface area contributed by atoms with E-state index in [1.54, 1.807) is 30.6 Å². The molecule has 0 saturated heterocycles. The molecule has 1 N–H and O–H groups in total. The lowest BCUT2D eigenvalue weighted by atomic mass is 10.0. The molecule has 0 amide bonds. The lowest BCUT2D eigenvalue weighted by molar-refractivity contribution is 0.0697. The first-order chi connectivity index (χ1) is 16.2. The van der Waals surface area contributed by atoms with E-state index < -0.39 is 5.97 Å². The second kappa shape index (κ2) is 11.0. The zero-order valence-corrected chi connectivity index (χ0v) is 18.3. The average Bonchev–Trinajstić information content (AvgIpc) is 3.33. The zero-order valence-electron chi connectivity index (χ0n) is 18.3. The van der Waals surface area contributed by atoms with Crippen molar-refractivity contribution >= 4 is 5.97 Å². The van der Waals surface area contributed by atoms with Gasteiger partial charge in [-0.2, -0.15) is 0 Å². The van der Waals surface area contributed by atoms with E-state index in [1.165, 1.54) is 0 Å². The van der Waals surface area contributed by atoms with Gasteiger partial charge < -0.3 is 9.84 Å². The van der Waals surface area contributed by atoms with Crippen molar-refractivity contribution in [3.8, 4) is 28.1 Å². The van der Waals surface area contributed by atoms with E-state index in [9.17, 15) is 9.90 Å². The topological polar surface area (TPSA) is 90.1 Å². The minimum atomic E-state index is -0.936. The molecule has 0 fully saturated rings. The molecule has 7 nitrogen and oxygen atoms in total. The maximum Gasteiger partial charge on any atom is 0.335 e. The van der Waals surface area contributed by atoms with Gasteiger partial charge in [0.1, 0.15) is 11.4 Å². The van der Waals surface area contributed by atoms with Gasteiger partial charge in [0.2, 0.25) is 0 Å². The number of carboxylic acids is 1. The highest BCUT2D eigenvalue weighted by atomic mass is 16.5. The fourth-order valence-electron chi connectivity index (χ4n) is 3.62. The molecule has 4 rings (SSSR count). The molecule has 0 radical (unpaired) electrons. The van der Waals surface area contributed by atoms with Crippen molar-refractivity contribution in [3.05, 3.63) is 84.8 Å². The smallest absolute Gasteiger partial charge is 0.335 e. The van der Waals surface area contributed by atoms with E-state index in [4.69, 9.17) is 4.74 Å². The van der Waals surface area contributed by atoms with Gasteiger partial charge in [0.15, 0.2) is 0 Å². The molecule has 7 heteroatoms. The number of hydrogen-bond acceptors (Lipinski definition) is 5. The number of rotatable bonds is 11. The molecular formula is C26H26N4O3. The number of unbranched alkanes of at least 4 members (excludes halogenated alkanes) is 3. The van der Waals surface area contributed by atoms with Crippen LogP contribution in [0.25, 0.3) is 22.4 Å². The van der Waals surface area contributed by atoms with Crippen molar-refractivity contribution in [2.45, 2.75) is 32.2 Å². The summed E-state index contributed by atoms with van der Waals surface area (Å²) in [6.07, 6.45) is 9.59. The van der Waals surface area contributed by atoms with Gasteiger partial charge in [0.25, 0.3) is 0 Å². The van der Waals surface area contributed by atoms with Crippen molar-refractivity contribution < 1.29 is 14.6 Å². The Morgan fingerprint density at radius 1 is 0.939 bits per heavy atom. The summed E-state index contributed by atoms with van der Waals surface area (Å²) < 4.78 is 7.90. The fraction of sp³-hybridized carbons (Fsp3) is 0.231. The molecule has 0 aliphatic heterocycles. The van der Waals surface area contributed by atoms with E-state index in [2.05, 4.69) is 15.3 Å². The van der Waals surface area contributed by atoms with Crippen molar-refractivity contribution in [3.63, 3.8) is 0 Å². The Morgan fingerprint density at radius 3 is 2.64 bits per heavy atom. The number of benzene rings is 2. The van der Waals surface area contributed by atoms with Gasteiger partial charge in [0, 0.05) is 30.1 Å². The van der Waals surface area contributed by atoms with Crippen LogP contribution in [-0.4, -0.2) is 37.7 Å². The third-order valence-electron chi connectivity index (χ3n) is 5.34.